The van der Waals surface area contributed by atoms with Crippen LogP contribution in [-0.4, -0.2) is 6.54 Å². The number of fused-ring (bicyclic) bond motifs is 3. The smallest absolute Gasteiger partial charge is 0.117 e. The van der Waals surface area contributed by atoms with E-state index in [4.69, 9.17) is 6.42 Å². The second-order valence-corrected chi connectivity index (χ2v) is 7.94. The van der Waals surface area contributed by atoms with Gasteiger partial charge in [0.2, 0.25) is 0 Å². The highest BCUT2D eigenvalue weighted by molar-refractivity contribution is 6.09. The Kier molecular flexibility index (Phi) is 5.79. The average Bonchev–Trinajstić information content (AvgIpc) is 2.89. The zero-order valence-electron chi connectivity index (χ0n) is 18.3. The summed E-state index contributed by atoms with van der Waals surface area (Å²) in [6.45, 7) is 0.469. The molecule has 5 aromatic carbocycles. The highest BCUT2D eigenvalue weighted by Gasteiger charge is 2.18. The quantitative estimate of drug-likeness (QED) is 0.219. The van der Waals surface area contributed by atoms with E-state index >= 15 is 0 Å². The summed E-state index contributed by atoms with van der Waals surface area (Å²) in [7, 11) is 0. The van der Waals surface area contributed by atoms with Gasteiger partial charge in [-0.3, -0.25) is 0 Å². The first-order valence-corrected chi connectivity index (χ1v) is 11.1. The van der Waals surface area contributed by atoms with E-state index in [9.17, 15) is 0 Å². The first kappa shape index (κ1) is 20.4. The zero-order chi connectivity index (χ0) is 22.5. The second-order valence-electron chi connectivity index (χ2n) is 7.94. The van der Waals surface area contributed by atoms with Gasteiger partial charge in [0.1, 0.15) is 6.04 Å². The average molecular weight is 422 g/mol. The summed E-state index contributed by atoms with van der Waals surface area (Å²) in [5.74, 6) is 9.93. The van der Waals surface area contributed by atoms with Gasteiger partial charge < -0.3 is 4.90 Å². The van der Waals surface area contributed by atoms with Crippen molar-refractivity contribution in [2.45, 2.75) is 6.04 Å². The van der Waals surface area contributed by atoms with Gasteiger partial charge in [-0.15, -0.1) is 6.42 Å². The summed E-state index contributed by atoms with van der Waals surface area (Å²) in [4.78, 5) is 2.19. The highest BCUT2D eigenvalue weighted by atomic mass is 15.2. The minimum Gasteiger partial charge on any atom is -0.342 e. The van der Waals surface area contributed by atoms with E-state index in [1.807, 2.05) is 24.3 Å². The van der Waals surface area contributed by atoms with Gasteiger partial charge in [0.05, 0.1) is 6.54 Å². The van der Waals surface area contributed by atoms with Crippen LogP contribution in [0.1, 0.15) is 17.2 Å². The molecule has 5 aromatic rings. The molecule has 1 atom stereocenters. The first-order chi connectivity index (χ1) is 16.3. The van der Waals surface area contributed by atoms with Crippen LogP contribution in [-0.2, 0) is 0 Å². The van der Waals surface area contributed by atoms with Crippen molar-refractivity contribution < 1.29 is 0 Å². The predicted octanol–water partition coefficient (Wildman–Crippen LogP) is 7.23. The lowest BCUT2D eigenvalue weighted by atomic mass is 9.97. The van der Waals surface area contributed by atoms with Crippen LogP contribution in [0.2, 0.25) is 0 Å². The SMILES string of the molecule is C#CCN(c1ccccc1)C(C#Cc1cc2ccccc2c2ccccc12)c1ccccc1. The second kappa shape index (κ2) is 9.35. The minimum atomic E-state index is -0.171. The monoisotopic (exact) mass is 421 g/mol. The van der Waals surface area contributed by atoms with Gasteiger partial charge in [0, 0.05) is 11.3 Å². The summed E-state index contributed by atoms with van der Waals surface area (Å²) in [6.07, 6.45) is 5.79. The maximum absolute atomic E-state index is 5.79. The first-order valence-electron chi connectivity index (χ1n) is 11.1. The van der Waals surface area contributed by atoms with Crippen molar-refractivity contribution in [1.82, 2.24) is 0 Å². The Morgan fingerprint density at radius 2 is 1.27 bits per heavy atom. The Labute approximate surface area is 195 Å². The number of nitrogens with zero attached hydrogens (tertiary/aromatic N) is 1. The molecular weight excluding hydrogens is 398 g/mol. The van der Waals surface area contributed by atoms with E-state index in [0.29, 0.717) is 6.54 Å². The molecule has 0 aliphatic rings. The van der Waals surface area contributed by atoms with Crippen molar-refractivity contribution in [3.05, 3.63) is 126 Å². The third-order valence-electron chi connectivity index (χ3n) is 5.89. The number of rotatable bonds is 4. The van der Waals surface area contributed by atoms with Gasteiger partial charge in [0.15, 0.2) is 0 Å². The molecule has 0 saturated heterocycles. The van der Waals surface area contributed by atoms with Crippen LogP contribution in [0.4, 0.5) is 5.69 Å². The Morgan fingerprint density at radius 1 is 0.667 bits per heavy atom. The van der Waals surface area contributed by atoms with E-state index in [0.717, 1.165) is 16.8 Å². The van der Waals surface area contributed by atoms with Crippen LogP contribution in [0.25, 0.3) is 21.5 Å². The van der Waals surface area contributed by atoms with Gasteiger partial charge in [-0.1, -0.05) is 115 Å². The molecule has 0 aliphatic heterocycles. The summed E-state index contributed by atoms with van der Waals surface area (Å²) < 4.78 is 0. The Bertz CT molecular complexity index is 1500. The topological polar surface area (TPSA) is 3.24 Å². The predicted molar refractivity (Wildman–Crippen MR) is 140 cm³/mol. The fraction of sp³-hybridized carbons (Fsp3) is 0.0625. The molecule has 0 aromatic heterocycles. The summed E-state index contributed by atoms with van der Waals surface area (Å²) >= 11 is 0. The fourth-order valence-corrected chi connectivity index (χ4v) is 4.33. The maximum Gasteiger partial charge on any atom is 0.117 e. The number of benzene rings is 5. The largest absolute Gasteiger partial charge is 0.342 e. The van der Waals surface area contributed by atoms with Gasteiger partial charge in [-0.2, -0.15) is 0 Å². The normalized spacial score (nSPS) is 11.4. The number of terminal acetylenes is 1. The van der Waals surface area contributed by atoms with E-state index in [1.54, 1.807) is 0 Å². The molecule has 0 spiro atoms. The molecule has 0 bridgehead atoms. The molecule has 0 amide bonds. The molecule has 0 fully saturated rings. The van der Waals surface area contributed by atoms with Crippen LogP contribution in [0.3, 0.4) is 0 Å². The lowest BCUT2D eigenvalue weighted by molar-refractivity contribution is 0.800. The van der Waals surface area contributed by atoms with Crippen LogP contribution >= 0.6 is 0 Å². The van der Waals surface area contributed by atoms with Crippen molar-refractivity contribution in [3.63, 3.8) is 0 Å². The molecule has 33 heavy (non-hydrogen) atoms. The van der Waals surface area contributed by atoms with Crippen molar-refractivity contribution >= 4 is 27.2 Å². The van der Waals surface area contributed by atoms with Crippen molar-refractivity contribution in [3.8, 4) is 24.2 Å². The minimum absolute atomic E-state index is 0.171. The Balaban J connectivity index is 1.68. The third kappa shape index (κ3) is 4.18. The molecule has 0 heterocycles. The van der Waals surface area contributed by atoms with Gasteiger partial charge in [-0.25, -0.2) is 0 Å². The number of hydrogen-bond acceptors (Lipinski definition) is 1. The molecule has 0 saturated carbocycles. The van der Waals surface area contributed by atoms with E-state index in [2.05, 4.69) is 114 Å². The molecule has 1 heteroatoms. The Morgan fingerprint density at radius 3 is 2.00 bits per heavy atom. The Hall–Kier alpha value is -4.46. The zero-order valence-corrected chi connectivity index (χ0v) is 18.3. The molecule has 1 unspecified atom stereocenters. The molecule has 1 nitrogen and oxygen atoms in total. The number of anilines is 1. The number of para-hydroxylation sites is 1. The van der Waals surface area contributed by atoms with Crippen LogP contribution in [0.5, 0.6) is 0 Å². The molecule has 5 rings (SSSR count). The maximum atomic E-state index is 5.79. The van der Waals surface area contributed by atoms with Gasteiger partial charge in [0.25, 0.3) is 0 Å². The van der Waals surface area contributed by atoms with E-state index in [1.165, 1.54) is 21.5 Å². The van der Waals surface area contributed by atoms with Crippen molar-refractivity contribution in [2.75, 3.05) is 11.4 Å². The summed E-state index contributed by atoms with van der Waals surface area (Å²) in [5, 5.41) is 4.83. The third-order valence-corrected chi connectivity index (χ3v) is 5.89. The molecule has 0 N–H and O–H groups in total. The van der Waals surface area contributed by atoms with Crippen LogP contribution < -0.4 is 4.90 Å². The molecule has 0 radical (unpaired) electrons. The lowest BCUT2D eigenvalue weighted by Gasteiger charge is -2.29. The van der Waals surface area contributed by atoms with Gasteiger partial charge >= 0.3 is 0 Å². The standard InChI is InChI=1S/C32H23N/c1-2-23-33(28-16-7-4-8-17-28)32(25-13-5-3-6-14-25)22-21-27-24-26-15-9-10-18-29(26)31-20-12-11-19-30(27)31/h1,3-20,24,32H,23H2. The summed E-state index contributed by atoms with van der Waals surface area (Å²) in [6, 6.07) is 39.6. The van der Waals surface area contributed by atoms with Crippen LogP contribution in [0, 0.1) is 24.2 Å². The summed E-state index contributed by atoms with van der Waals surface area (Å²) in [5.41, 5.74) is 3.20. The molecular formula is C32H23N. The van der Waals surface area contributed by atoms with E-state index < -0.39 is 0 Å². The lowest BCUT2D eigenvalue weighted by Crippen LogP contribution is -2.28. The van der Waals surface area contributed by atoms with Crippen molar-refractivity contribution in [1.29, 1.82) is 0 Å². The fourth-order valence-electron chi connectivity index (χ4n) is 4.33. The highest BCUT2D eigenvalue weighted by Crippen LogP contribution is 2.30. The van der Waals surface area contributed by atoms with Gasteiger partial charge in [-0.05, 0) is 45.3 Å². The van der Waals surface area contributed by atoms with E-state index in [-0.39, 0.29) is 6.04 Å². The molecule has 156 valence electrons. The molecule has 0 aliphatic carbocycles. The van der Waals surface area contributed by atoms with Crippen molar-refractivity contribution in [2.24, 2.45) is 0 Å². The number of hydrogen-bond donors (Lipinski definition) is 0. The van der Waals surface area contributed by atoms with Crippen LogP contribution in [0.15, 0.2) is 115 Å².